The molecule has 2 bridgehead atoms. The summed E-state index contributed by atoms with van der Waals surface area (Å²) >= 11 is 0. The second kappa shape index (κ2) is 2.11. The molecule has 13 heavy (non-hydrogen) atoms. The number of nitrogens with one attached hydrogen (secondary N) is 2. The Bertz CT molecular complexity index is 295. The van der Waals surface area contributed by atoms with E-state index in [0.717, 1.165) is 0 Å². The molecule has 5 heteroatoms. The van der Waals surface area contributed by atoms with Gasteiger partial charge in [0, 0.05) is 0 Å². The minimum atomic E-state index is -0.330. The predicted octanol–water partition coefficient (Wildman–Crippen LogP) is -1.28. The molecule has 0 radical (unpaired) electrons. The number of hydrazine groups is 1. The topological polar surface area (TPSA) is 67.4 Å². The Kier molecular flexibility index (Phi) is 1.15. The van der Waals surface area contributed by atoms with E-state index in [4.69, 9.17) is 4.74 Å². The van der Waals surface area contributed by atoms with Crippen molar-refractivity contribution >= 4 is 11.8 Å². The smallest absolute Gasteiger partial charge is 0.245 e. The first-order valence-corrected chi connectivity index (χ1v) is 4.21. The summed E-state index contributed by atoms with van der Waals surface area (Å²) < 4.78 is 5.43. The highest BCUT2D eigenvalue weighted by Gasteiger charge is 2.54. The number of hydrogen-bond acceptors (Lipinski definition) is 3. The molecule has 3 aliphatic heterocycles. The van der Waals surface area contributed by atoms with Gasteiger partial charge in [-0.2, -0.15) is 0 Å². The first-order valence-electron chi connectivity index (χ1n) is 4.21. The summed E-state index contributed by atoms with van der Waals surface area (Å²) in [7, 11) is 0. The number of amides is 2. The molecular weight excluding hydrogens is 172 g/mol. The van der Waals surface area contributed by atoms with Crippen LogP contribution in [0.25, 0.3) is 0 Å². The Morgan fingerprint density at radius 3 is 1.92 bits per heavy atom. The maximum Gasteiger partial charge on any atom is 0.245 e. The third kappa shape index (κ3) is 0.746. The molecule has 0 aromatic carbocycles. The van der Waals surface area contributed by atoms with Crippen LogP contribution in [-0.4, -0.2) is 24.0 Å². The third-order valence-corrected chi connectivity index (χ3v) is 2.81. The summed E-state index contributed by atoms with van der Waals surface area (Å²) in [5, 5.41) is 0. The largest absolute Gasteiger partial charge is 0.365 e. The molecule has 0 unspecified atom stereocenters. The van der Waals surface area contributed by atoms with Gasteiger partial charge in [-0.25, -0.2) is 0 Å². The van der Waals surface area contributed by atoms with Gasteiger partial charge < -0.3 is 4.74 Å². The number of rotatable bonds is 0. The Morgan fingerprint density at radius 2 is 1.46 bits per heavy atom. The fraction of sp³-hybridized carbons (Fsp3) is 0.500. The van der Waals surface area contributed by atoms with Crippen LogP contribution in [0.3, 0.4) is 0 Å². The molecule has 0 aromatic heterocycles. The van der Waals surface area contributed by atoms with Crippen molar-refractivity contribution < 1.29 is 14.3 Å². The van der Waals surface area contributed by atoms with Crippen LogP contribution in [0.15, 0.2) is 12.2 Å². The van der Waals surface area contributed by atoms with Crippen molar-refractivity contribution in [3.8, 4) is 0 Å². The van der Waals surface area contributed by atoms with Gasteiger partial charge in [-0.15, -0.1) is 0 Å². The zero-order chi connectivity index (χ0) is 9.00. The minimum Gasteiger partial charge on any atom is -0.365 e. The summed E-state index contributed by atoms with van der Waals surface area (Å²) in [6, 6.07) is 0. The van der Waals surface area contributed by atoms with Gasteiger partial charge in [-0.05, 0) is 0 Å². The van der Waals surface area contributed by atoms with E-state index in [2.05, 4.69) is 10.9 Å². The molecule has 2 saturated heterocycles. The number of hydrogen-bond donors (Lipinski definition) is 2. The average molecular weight is 180 g/mol. The van der Waals surface area contributed by atoms with E-state index in [1.165, 1.54) is 0 Å². The Balaban J connectivity index is 2.03. The highest BCUT2D eigenvalue weighted by molar-refractivity contribution is 5.94. The van der Waals surface area contributed by atoms with E-state index < -0.39 is 0 Å². The summed E-state index contributed by atoms with van der Waals surface area (Å²) in [6.45, 7) is 0. The van der Waals surface area contributed by atoms with Gasteiger partial charge in [0.25, 0.3) is 0 Å². The third-order valence-electron chi connectivity index (χ3n) is 2.81. The Hall–Kier alpha value is -1.36. The van der Waals surface area contributed by atoms with Crippen molar-refractivity contribution in [2.45, 2.75) is 12.2 Å². The number of carbonyl (C=O) groups excluding carboxylic acids is 2. The normalized spacial score (nSPS) is 45.8. The molecule has 4 atom stereocenters. The van der Waals surface area contributed by atoms with Crippen LogP contribution >= 0.6 is 0 Å². The summed E-state index contributed by atoms with van der Waals surface area (Å²) in [6.07, 6.45) is 3.29. The lowest BCUT2D eigenvalue weighted by molar-refractivity contribution is -0.142. The molecule has 2 amide bonds. The molecule has 3 aliphatic rings. The van der Waals surface area contributed by atoms with E-state index in [-0.39, 0.29) is 35.9 Å². The summed E-state index contributed by atoms with van der Waals surface area (Å²) in [5.74, 6) is -0.963. The molecule has 2 N–H and O–H groups in total. The average Bonchev–Trinajstić information content (AvgIpc) is 2.70. The maximum atomic E-state index is 11.4. The van der Waals surface area contributed by atoms with Crippen molar-refractivity contribution in [1.29, 1.82) is 0 Å². The van der Waals surface area contributed by atoms with E-state index in [1.54, 1.807) is 0 Å². The van der Waals surface area contributed by atoms with Gasteiger partial charge in [0.2, 0.25) is 11.8 Å². The Labute approximate surface area is 74.1 Å². The second-order valence-electron chi connectivity index (χ2n) is 3.48. The predicted molar refractivity (Wildman–Crippen MR) is 41.1 cm³/mol. The molecule has 5 nitrogen and oxygen atoms in total. The number of carbonyl (C=O) groups is 2. The highest BCUT2D eigenvalue weighted by atomic mass is 16.5. The van der Waals surface area contributed by atoms with E-state index >= 15 is 0 Å². The van der Waals surface area contributed by atoms with Crippen molar-refractivity contribution in [3.05, 3.63) is 12.2 Å². The monoisotopic (exact) mass is 180 g/mol. The second-order valence-corrected chi connectivity index (χ2v) is 3.48. The zero-order valence-corrected chi connectivity index (χ0v) is 6.69. The first-order chi connectivity index (χ1) is 6.27. The molecule has 0 aliphatic carbocycles. The molecule has 3 heterocycles. The standard InChI is InChI=1S/C8H8N2O3/c11-7-5-3-1-2-4(13-3)6(5)8(12)10-9-7/h1-6H,(H,9,11)(H,10,12)/t3-,4-,5-,6-/m1/s1. The van der Waals surface area contributed by atoms with Crippen molar-refractivity contribution in [3.63, 3.8) is 0 Å². The van der Waals surface area contributed by atoms with Crippen LogP contribution in [-0.2, 0) is 14.3 Å². The van der Waals surface area contributed by atoms with Gasteiger partial charge in [-0.1, -0.05) is 12.2 Å². The molecular formula is C8H8N2O3. The van der Waals surface area contributed by atoms with Crippen LogP contribution in [0, 0.1) is 11.8 Å². The lowest BCUT2D eigenvalue weighted by atomic mass is 9.81. The van der Waals surface area contributed by atoms with Crippen molar-refractivity contribution in [1.82, 2.24) is 10.9 Å². The van der Waals surface area contributed by atoms with E-state index in [1.807, 2.05) is 12.2 Å². The van der Waals surface area contributed by atoms with Crippen molar-refractivity contribution in [2.24, 2.45) is 11.8 Å². The Morgan fingerprint density at radius 1 is 1.00 bits per heavy atom. The number of ether oxygens (including phenoxy) is 1. The van der Waals surface area contributed by atoms with Crippen LogP contribution in [0.1, 0.15) is 0 Å². The van der Waals surface area contributed by atoms with Crippen LogP contribution in [0.2, 0.25) is 0 Å². The molecule has 68 valence electrons. The van der Waals surface area contributed by atoms with E-state index in [9.17, 15) is 9.59 Å². The quantitative estimate of drug-likeness (QED) is 0.456. The van der Waals surface area contributed by atoms with Crippen LogP contribution in [0.4, 0.5) is 0 Å². The van der Waals surface area contributed by atoms with Gasteiger partial charge >= 0.3 is 0 Å². The minimum absolute atomic E-state index is 0.151. The number of fused-ring (bicyclic) bond motifs is 5. The van der Waals surface area contributed by atoms with Gasteiger partial charge in [0.15, 0.2) is 0 Å². The van der Waals surface area contributed by atoms with Gasteiger partial charge in [0.1, 0.15) is 0 Å². The highest BCUT2D eigenvalue weighted by Crippen LogP contribution is 2.40. The van der Waals surface area contributed by atoms with Crippen molar-refractivity contribution in [2.75, 3.05) is 0 Å². The SMILES string of the molecule is O=C1NNC(=O)[C@H]2[C@H]1[C@H]1C=C[C@H]2O1. The molecule has 0 aromatic rings. The first kappa shape index (κ1) is 7.08. The fourth-order valence-corrected chi connectivity index (χ4v) is 2.22. The fourth-order valence-electron chi connectivity index (χ4n) is 2.22. The molecule has 2 fully saturated rings. The zero-order valence-electron chi connectivity index (χ0n) is 6.69. The lowest BCUT2D eigenvalue weighted by Gasteiger charge is -2.28. The van der Waals surface area contributed by atoms with Crippen LogP contribution < -0.4 is 10.9 Å². The van der Waals surface area contributed by atoms with Gasteiger partial charge in [-0.3, -0.25) is 20.4 Å². The molecule has 0 spiro atoms. The summed E-state index contributed by atoms with van der Waals surface area (Å²) in [4.78, 5) is 22.7. The lowest BCUT2D eigenvalue weighted by Crippen LogP contribution is -2.58. The molecule has 3 rings (SSSR count). The molecule has 0 saturated carbocycles. The maximum absolute atomic E-state index is 11.4. The van der Waals surface area contributed by atoms with Crippen LogP contribution in [0.5, 0.6) is 0 Å². The van der Waals surface area contributed by atoms with E-state index in [0.29, 0.717) is 0 Å². The summed E-state index contributed by atoms with van der Waals surface area (Å²) in [5.41, 5.74) is 4.67. The van der Waals surface area contributed by atoms with Gasteiger partial charge in [0.05, 0.1) is 24.0 Å².